The average Bonchev–Trinajstić information content (AvgIpc) is 2.32. The van der Waals surface area contributed by atoms with E-state index < -0.39 is 6.43 Å². The summed E-state index contributed by atoms with van der Waals surface area (Å²) >= 11 is 0. The third-order valence-electron chi connectivity index (χ3n) is 3.47. The van der Waals surface area contributed by atoms with Crippen molar-refractivity contribution in [2.75, 3.05) is 6.54 Å². The van der Waals surface area contributed by atoms with Crippen LogP contribution in [0, 0.1) is 5.92 Å². The largest absolute Gasteiger partial charge is 0.292 e. The molecule has 0 spiro atoms. The van der Waals surface area contributed by atoms with Crippen molar-refractivity contribution in [3.63, 3.8) is 0 Å². The van der Waals surface area contributed by atoms with E-state index in [0.717, 1.165) is 31.6 Å². The molecule has 3 heteroatoms. The minimum absolute atomic E-state index is 0.00204. The summed E-state index contributed by atoms with van der Waals surface area (Å²) in [4.78, 5) is 2.05. The SMILES string of the molecule is CC1C[C@H]2CC[C@@H](C1)N2CC(F)F. The van der Waals surface area contributed by atoms with Gasteiger partial charge in [-0.2, -0.15) is 0 Å². The van der Waals surface area contributed by atoms with E-state index in [9.17, 15) is 8.78 Å². The fraction of sp³-hybridized carbons (Fsp3) is 1.00. The third kappa shape index (κ3) is 1.85. The summed E-state index contributed by atoms with van der Waals surface area (Å²) in [6.45, 7) is 2.24. The van der Waals surface area contributed by atoms with E-state index in [-0.39, 0.29) is 6.54 Å². The van der Waals surface area contributed by atoms with Gasteiger partial charge in [0.05, 0.1) is 6.54 Å². The van der Waals surface area contributed by atoms with Crippen LogP contribution in [0.2, 0.25) is 0 Å². The molecule has 13 heavy (non-hydrogen) atoms. The van der Waals surface area contributed by atoms with Crippen molar-refractivity contribution in [3.8, 4) is 0 Å². The molecular weight excluding hydrogens is 172 g/mol. The molecule has 1 unspecified atom stereocenters. The number of halogens is 2. The Labute approximate surface area is 78.1 Å². The van der Waals surface area contributed by atoms with E-state index in [1.165, 1.54) is 0 Å². The standard InChI is InChI=1S/C10H17F2N/c1-7-4-8-2-3-9(5-7)13(8)6-10(11)12/h7-10H,2-6H2,1H3/t7?,8-,9+. The van der Waals surface area contributed by atoms with Crippen LogP contribution in [0.25, 0.3) is 0 Å². The Bertz CT molecular complexity index is 170. The van der Waals surface area contributed by atoms with Crippen LogP contribution in [0.5, 0.6) is 0 Å². The first-order chi connectivity index (χ1) is 6.16. The Morgan fingerprint density at radius 2 is 1.77 bits per heavy atom. The summed E-state index contributed by atoms with van der Waals surface area (Å²) in [6, 6.07) is 0.922. The van der Waals surface area contributed by atoms with Crippen LogP contribution in [0.1, 0.15) is 32.6 Å². The molecule has 2 aliphatic heterocycles. The summed E-state index contributed by atoms with van der Waals surface area (Å²) in [7, 11) is 0. The van der Waals surface area contributed by atoms with Gasteiger partial charge in [0.25, 0.3) is 6.43 Å². The average molecular weight is 189 g/mol. The normalized spacial score (nSPS) is 40.2. The number of nitrogens with zero attached hydrogens (tertiary/aromatic N) is 1. The lowest BCUT2D eigenvalue weighted by atomic mass is 9.92. The summed E-state index contributed by atoms with van der Waals surface area (Å²) in [5, 5.41) is 0. The smallest absolute Gasteiger partial charge is 0.251 e. The Kier molecular flexibility index (Phi) is 2.54. The molecular formula is C10H17F2N. The lowest BCUT2D eigenvalue weighted by Gasteiger charge is -2.37. The molecule has 0 amide bonds. The molecule has 2 saturated heterocycles. The van der Waals surface area contributed by atoms with E-state index in [1.807, 2.05) is 4.90 Å². The first-order valence-electron chi connectivity index (χ1n) is 5.20. The van der Waals surface area contributed by atoms with E-state index in [0.29, 0.717) is 12.1 Å². The number of fused-ring (bicyclic) bond motifs is 2. The molecule has 2 rings (SSSR count). The first-order valence-corrected chi connectivity index (χ1v) is 5.20. The molecule has 3 atom stereocenters. The number of piperidine rings is 1. The zero-order valence-electron chi connectivity index (χ0n) is 8.05. The molecule has 0 N–H and O–H groups in total. The monoisotopic (exact) mass is 189 g/mol. The third-order valence-corrected chi connectivity index (χ3v) is 3.47. The molecule has 2 fully saturated rings. The molecule has 0 aromatic carbocycles. The van der Waals surface area contributed by atoms with Crippen LogP contribution < -0.4 is 0 Å². The summed E-state index contributed by atoms with van der Waals surface area (Å²) < 4.78 is 24.5. The van der Waals surface area contributed by atoms with Gasteiger partial charge in [-0.25, -0.2) is 8.78 Å². The van der Waals surface area contributed by atoms with Gasteiger partial charge in [0.1, 0.15) is 0 Å². The van der Waals surface area contributed by atoms with E-state index in [2.05, 4.69) is 6.92 Å². The van der Waals surface area contributed by atoms with Gasteiger partial charge in [-0.1, -0.05) is 6.92 Å². The maximum absolute atomic E-state index is 12.2. The van der Waals surface area contributed by atoms with Gasteiger partial charge in [0.15, 0.2) is 0 Å². The van der Waals surface area contributed by atoms with Gasteiger partial charge in [-0.3, -0.25) is 4.90 Å². The Balaban J connectivity index is 1.98. The Morgan fingerprint density at radius 1 is 1.23 bits per heavy atom. The minimum atomic E-state index is -2.16. The fourth-order valence-electron chi connectivity index (χ4n) is 3.00. The molecule has 0 aromatic heterocycles. The number of hydrogen-bond donors (Lipinski definition) is 0. The highest BCUT2D eigenvalue weighted by Crippen LogP contribution is 2.38. The van der Waals surface area contributed by atoms with Gasteiger partial charge in [-0.15, -0.1) is 0 Å². The van der Waals surface area contributed by atoms with E-state index >= 15 is 0 Å². The first kappa shape index (κ1) is 9.38. The second-order valence-corrected chi connectivity index (χ2v) is 4.55. The lowest BCUT2D eigenvalue weighted by molar-refractivity contribution is 0.0327. The van der Waals surface area contributed by atoms with Crippen LogP contribution in [-0.4, -0.2) is 30.0 Å². The summed E-state index contributed by atoms with van der Waals surface area (Å²) in [6.07, 6.45) is 2.38. The van der Waals surface area contributed by atoms with E-state index in [1.54, 1.807) is 0 Å². The topological polar surface area (TPSA) is 3.24 Å². The highest BCUT2D eigenvalue weighted by atomic mass is 19.3. The van der Waals surface area contributed by atoms with Crippen molar-refractivity contribution in [1.82, 2.24) is 4.90 Å². The zero-order valence-corrected chi connectivity index (χ0v) is 8.05. The van der Waals surface area contributed by atoms with Gasteiger partial charge < -0.3 is 0 Å². The maximum atomic E-state index is 12.2. The second kappa shape index (κ2) is 3.52. The Hall–Kier alpha value is -0.180. The van der Waals surface area contributed by atoms with Gasteiger partial charge in [0.2, 0.25) is 0 Å². The predicted octanol–water partition coefficient (Wildman–Crippen LogP) is 2.51. The second-order valence-electron chi connectivity index (χ2n) is 4.55. The molecule has 1 nitrogen and oxygen atoms in total. The lowest BCUT2D eigenvalue weighted by Crippen LogP contribution is -2.44. The van der Waals surface area contributed by atoms with Crippen molar-refractivity contribution >= 4 is 0 Å². The van der Waals surface area contributed by atoms with Crippen LogP contribution >= 0.6 is 0 Å². The van der Waals surface area contributed by atoms with Crippen molar-refractivity contribution in [2.24, 2.45) is 5.92 Å². The quantitative estimate of drug-likeness (QED) is 0.645. The highest BCUT2D eigenvalue weighted by molar-refractivity contribution is 4.94. The maximum Gasteiger partial charge on any atom is 0.251 e. The zero-order chi connectivity index (χ0) is 9.42. The van der Waals surface area contributed by atoms with Gasteiger partial charge >= 0.3 is 0 Å². The van der Waals surface area contributed by atoms with Crippen molar-refractivity contribution < 1.29 is 8.78 Å². The predicted molar refractivity (Wildman–Crippen MR) is 47.9 cm³/mol. The number of rotatable bonds is 2. The van der Waals surface area contributed by atoms with Crippen molar-refractivity contribution in [2.45, 2.75) is 51.1 Å². The molecule has 0 aliphatic carbocycles. The Morgan fingerprint density at radius 3 is 2.23 bits per heavy atom. The number of alkyl halides is 2. The fourth-order valence-corrected chi connectivity index (χ4v) is 3.00. The van der Waals surface area contributed by atoms with Crippen LogP contribution in [-0.2, 0) is 0 Å². The van der Waals surface area contributed by atoms with Crippen LogP contribution in [0.4, 0.5) is 8.78 Å². The highest BCUT2D eigenvalue weighted by Gasteiger charge is 2.39. The molecule has 76 valence electrons. The molecule has 2 heterocycles. The molecule has 0 saturated carbocycles. The summed E-state index contributed by atoms with van der Waals surface area (Å²) in [5.74, 6) is 0.742. The van der Waals surface area contributed by atoms with Crippen molar-refractivity contribution in [1.29, 1.82) is 0 Å². The van der Waals surface area contributed by atoms with Crippen LogP contribution in [0.15, 0.2) is 0 Å². The van der Waals surface area contributed by atoms with Crippen molar-refractivity contribution in [3.05, 3.63) is 0 Å². The van der Waals surface area contributed by atoms with Crippen LogP contribution in [0.3, 0.4) is 0 Å². The molecule has 2 aliphatic rings. The molecule has 0 aromatic rings. The minimum Gasteiger partial charge on any atom is -0.292 e. The molecule has 0 radical (unpaired) electrons. The van der Waals surface area contributed by atoms with E-state index in [4.69, 9.17) is 0 Å². The van der Waals surface area contributed by atoms with Gasteiger partial charge in [-0.05, 0) is 31.6 Å². The molecule has 2 bridgehead atoms. The number of hydrogen-bond acceptors (Lipinski definition) is 1. The summed E-state index contributed by atoms with van der Waals surface area (Å²) in [5.41, 5.74) is 0. The van der Waals surface area contributed by atoms with Gasteiger partial charge in [0, 0.05) is 12.1 Å².